The summed E-state index contributed by atoms with van der Waals surface area (Å²) in [5.41, 5.74) is 0. The summed E-state index contributed by atoms with van der Waals surface area (Å²) in [5.74, 6) is 0.766. The van der Waals surface area contributed by atoms with Crippen LogP contribution in [0.25, 0.3) is 0 Å². The molecule has 0 aliphatic heterocycles. The van der Waals surface area contributed by atoms with Crippen molar-refractivity contribution in [3.05, 3.63) is 0 Å². The fraction of sp³-hybridized carbons (Fsp3) is 1.00. The van der Waals surface area contributed by atoms with Gasteiger partial charge in [-0.05, 0) is 0 Å². The van der Waals surface area contributed by atoms with Crippen molar-refractivity contribution in [3.8, 4) is 0 Å². The first kappa shape index (κ1) is 20.7. The van der Waals surface area contributed by atoms with Crippen molar-refractivity contribution in [1.29, 1.82) is 0 Å². The molecule has 2 nitrogen and oxygen atoms in total. The van der Waals surface area contributed by atoms with Gasteiger partial charge in [0.1, 0.15) is 0 Å². The molecule has 0 aromatic rings. The minimum absolute atomic E-state index is 0.396. The van der Waals surface area contributed by atoms with E-state index in [0.717, 1.165) is 12.5 Å². The average Bonchev–Trinajstić information content (AvgIpc) is 2.47. The van der Waals surface area contributed by atoms with E-state index in [-0.39, 0.29) is 0 Å². The molecular weight excluding hydrogens is 355 g/mol. The second kappa shape index (κ2) is 16.1. The van der Waals surface area contributed by atoms with E-state index >= 15 is 0 Å². The number of unbranched alkanes of at least 4 members (excludes halogenated alkanes) is 4. The number of rotatable bonds is 15. The first-order valence-corrected chi connectivity index (χ1v) is 12.4. The molecule has 3 heteroatoms. The molecule has 1 atom stereocenters. The molecule has 0 bridgehead atoms. The van der Waals surface area contributed by atoms with Gasteiger partial charge in [-0.3, -0.25) is 0 Å². The average molecular weight is 391 g/mol. The normalized spacial score (nSPS) is 13.1. The van der Waals surface area contributed by atoms with E-state index in [2.05, 4.69) is 27.7 Å². The number of hydrogen-bond acceptors (Lipinski definition) is 2. The number of hydrogen-bond donors (Lipinski definition) is 0. The molecule has 0 heterocycles. The van der Waals surface area contributed by atoms with Crippen molar-refractivity contribution >= 4 is 21.1 Å². The molecule has 0 saturated heterocycles. The maximum atomic E-state index is 6.09. The van der Waals surface area contributed by atoms with E-state index in [9.17, 15) is 0 Å². The van der Waals surface area contributed by atoms with Gasteiger partial charge < -0.3 is 0 Å². The zero-order valence-corrected chi connectivity index (χ0v) is 17.1. The number of ether oxygens (including phenoxy) is 2. The molecule has 2 radical (unpaired) electrons. The Morgan fingerprint density at radius 1 is 0.850 bits per heavy atom. The molecule has 0 saturated carbocycles. The predicted octanol–water partition coefficient (Wildman–Crippen LogP) is 5.24. The van der Waals surface area contributed by atoms with Crippen LogP contribution in [0, 0.1) is 5.92 Å². The van der Waals surface area contributed by atoms with Crippen LogP contribution in [0.1, 0.15) is 79.1 Å². The standard InChI is InChI=1S/C13H27O2.C4H9.Sn/c1-4-7-8-9-10-14-12-15-11-13(5-2)6-3;1-3-4-2;/h11,13H,4-10,12H2,1-3H3;1,3-4H2,2H3;. The zero-order valence-electron chi connectivity index (χ0n) is 14.2. The summed E-state index contributed by atoms with van der Waals surface area (Å²) in [6.45, 7) is 10.5. The molecule has 20 heavy (non-hydrogen) atoms. The molecule has 0 fully saturated rings. The minimum atomic E-state index is -0.396. The third kappa shape index (κ3) is 11.4. The molecular formula is C17H36O2Sn. The Labute approximate surface area is 137 Å². The Morgan fingerprint density at radius 2 is 1.55 bits per heavy atom. The van der Waals surface area contributed by atoms with Gasteiger partial charge >= 0.3 is 138 Å². The summed E-state index contributed by atoms with van der Waals surface area (Å²) in [6, 6.07) is 0. The van der Waals surface area contributed by atoms with E-state index in [4.69, 9.17) is 9.47 Å². The van der Waals surface area contributed by atoms with E-state index in [0.29, 0.717) is 10.9 Å². The second-order valence-corrected chi connectivity index (χ2v) is 9.77. The van der Waals surface area contributed by atoms with Gasteiger partial charge in [0.2, 0.25) is 0 Å². The first-order chi connectivity index (χ1) is 9.79. The molecule has 1 unspecified atom stereocenters. The van der Waals surface area contributed by atoms with Crippen molar-refractivity contribution < 1.29 is 9.47 Å². The van der Waals surface area contributed by atoms with Crippen LogP contribution in [0.5, 0.6) is 0 Å². The molecule has 0 aromatic carbocycles. The first-order valence-electron chi connectivity index (χ1n) is 8.72. The van der Waals surface area contributed by atoms with Crippen LogP contribution in [0.2, 0.25) is 4.44 Å². The fourth-order valence-corrected chi connectivity index (χ4v) is 7.54. The van der Waals surface area contributed by atoms with Crippen LogP contribution in [0.3, 0.4) is 0 Å². The fourth-order valence-electron chi connectivity index (χ4n) is 2.31. The second-order valence-electron chi connectivity index (χ2n) is 5.56. The van der Waals surface area contributed by atoms with E-state index in [1.54, 1.807) is 0 Å². The maximum absolute atomic E-state index is 6.09. The van der Waals surface area contributed by atoms with Gasteiger partial charge in [0.05, 0.1) is 0 Å². The van der Waals surface area contributed by atoms with E-state index < -0.39 is 21.1 Å². The van der Waals surface area contributed by atoms with Gasteiger partial charge in [-0.25, -0.2) is 0 Å². The Hall–Kier alpha value is 0.719. The zero-order chi connectivity index (χ0) is 15.1. The molecule has 120 valence electrons. The molecule has 0 aliphatic carbocycles. The van der Waals surface area contributed by atoms with Crippen LogP contribution < -0.4 is 0 Å². The van der Waals surface area contributed by atoms with Gasteiger partial charge in [0, 0.05) is 0 Å². The Bertz CT molecular complexity index is 184. The molecule has 0 amide bonds. The predicted molar refractivity (Wildman–Crippen MR) is 89.4 cm³/mol. The van der Waals surface area contributed by atoms with Crippen molar-refractivity contribution in [2.45, 2.75) is 87.6 Å². The summed E-state index contributed by atoms with van der Waals surface area (Å²) in [6.07, 6.45) is 10.3. The van der Waals surface area contributed by atoms with Crippen molar-refractivity contribution in [1.82, 2.24) is 0 Å². The molecule has 0 N–H and O–H groups in total. The Balaban J connectivity index is 3.78. The third-order valence-corrected chi connectivity index (χ3v) is 8.63. The van der Waals surface area contributed by atoms with Gasteiger partial charge in [-0.2, -0.15) is 0 Å². The van der Waals surface area contributed by atoms with E-state index in [1.807, 2.05) is 0 Å². The van der Waals surface area contributed by atoms with Crippen molar-refractivity contribution in [2.75, 3.05) is 13.4 Å². The summed E-state index contributed by atoms with van der Waals surface area (Å²) in [4.78, 5) is 0. The van der Waals surface area contributed by atoms with Crippen LogP contribution in [0.15, 0.2) is 0 Å². The van der Waals surface area contributed by atoms with Crippen LogP contribution in [0.4, 0.5) is 0 Å². The van der Waals surface area contributed by atoms with Crippen molar-refractivity contribution in [3.63, 3.8) is 0 Å². The van der Waals surface area contributed by atoms with E-state index in [1.165, 1.54) is 55.8 Å². The Morgan fingerprint density at radius 3 is 2.15 bits per heavy atom. The van der Waals surface area contributed by atoms with Gasteiger partial charge in [0.15, 0.2) is 0 Å². The summed E-state index contributed by atoms with van der Waals surface area (Å²) in [7, 11) is 0. The third-order valence-electron chi connectivity index (χ3n) is 3.83. The van der Waals surface area contributed by atoms with Gasteiger partial charge in [0.25, 0.3) is 0 Å². The molecule has 0 aromatic heterocycles. The molecule has 0 rings (SSSR count). The Kier molecular flexibility index (Phi) is 16.7. The van der Waals surface area contributed by atoms with Gasteiger partial charge in [-0.1, -0.05) is 0 Å². The topological polar surface area (TPSA) is 18.5 Å². The molecule has 0 spiro atoms. The van der Waals surface area contributed by atoms with Crippen LogP contribution in [-0.2, 0) is 9.47 Å². The summed E-state index contributed by atoms with van der Waals surface area (Å²) in [5, 5.41) is 0. The van der Waals surface area contributed by atoms with Crippen LogP contribution in [-0.4, -0.2) is 38.7 Å². The molecule has 0 aliphatic rings. The summed E-state index contributed by atoms with van der Waals surface area (Å²) >= 11 is -0.396. The van der Waals surface area contributed by atoms with Crippen LogP contribution >= 0.6 is 0 Å². The summed E-state index contributed by atoms with van der Waals surface area (Å²) < 4.78 is 13.8. The monoisotopic (exact) mass is 392 g/mol. The van der Waals surface area contributed by atoms with Crippen molar-refractivity contribution in [2.24, 2.45) is 5.92 Å². The SMILES string of the molecule is CCCCCCOCO[CH]([Sn][CH2]CCC)C(CC)CC. The van der Waals surface area contributed by atoms with Gasteiger partial charge in [-0.15, -0.1) is 0 Å². The quantitative estimate of drug-likeness (QED) is 0.216.